The summed E-state index contributed by atoms with van der Waals surface area (Å²) in [5.41, 5.74) is 5.91. The monoisotopic (exact) mass is 279 g/mol. The summed E-state index contributed by atoms with van der Waals surface area (Å²) in [6.45, 7) is 4.84. The molecule has 0 amide bonds. The van der Waals surface area contributed by atoms with Crippen LogP contribution >= 0.6 is 11.6 Å². The number of aryl methyl sites for hydroxylation is 2. The largest absolute Gasteiger partial charge is 0.271 e. The highest BCUT2D eigenvalue weighted by atomic mass is 35.5. The maximum absolute atomic E-state index is 6.14. The summed E-state index contributed by atoms with van der Waals surface area (Å²) in [5.74, 6) is 5.69. The molecule has 0 radical (unpaired) electrons. The highest BCUT2D eigenvalue weighted by Crippen LogP contribution is 2.23. The Kier molecular flexibility index (Phi) is 4.52. The minimum atomic E-state index is -0.0268. The molecule has 2 heterocycles. The molecule has 0 saturated heterocycles. The zero-order valence-electron chi connectivity index (χ0n) is 11.1. The molecular weight excluding hydrogens is 262 g/mol. The second kappa shape index (κ2) is 6.14. The molecule has 0 aliphatic rings. The molecule has 5 nitrogen and oxygen atoms in total. The third-order valence-electron chi connectivity index (χ3n) is 3.07. The van der Waals surface area contributed by atoms with Crippen molar-refractivity contribution in [3.05, 3.63) is 46.5 Å². The number of halogens is 1. The molecule has 2 aromatic rings. The van der Waals surface area contributed by atoms with Crippen LogP contribution in [0.5, 0.6) is 0 Å². The van der Waals surface area contributed by atoms with E-state index < -0.39 is 0 Å². The van der Waals surface area contributed by atoms with E-state index in [1.807, 2.05) is 23.7 Å². The lowest BCUT2D eigenvalue weighted by Crippen LogP contribution is -2.31. The van der Waals surface area contributed by atoms with E-state index in [0.717, 1.165) is 23.5 Å². The Morgan fingerprint density at radius 2 is 2.32 bits per heavy atom. The maximum Gasteiger partial charge on any atom is 0.0669 e. The number of hydrogen-bond donors (Lipinski definition) is 2. The van der Waals surface area contributed by atoms with Gasteiger partial charge in [-0.2, -0.15) is 5.10 Å². The molecule has 19 heavy (non-hydrogen) atoms. The zero-order chi connectivity index (χ0) is 13.8. The van der Waals surface area contributed by atoms with E-state index in [-0.39, 0.29) is 6.04 Å². The maximum atomic E-state index is 6.14. The molecule has 0 aromatic carbocycles. The van der Waals surface area contributed by atoms with Crippen LogP contribution in [0.4, 0.5) is 0 Å². The highest BCUT2D eigenvalue weighted by molar-refractivity contribution is 6.31. The number of nitrogens with two attached hydrogens (primary N) is 1. The van der Waals surface area contributed by atoms with Gasteiger partial charge in [0.25, 0.3) is 0 Å². The number of nitrogens with zero attached hydrogens (tertiary/aromatic N) is 3. The lowest BCUT2D eigenvalue weighted by molar-refractivity contribution is 0.490. The van der Waals surface area contributed by atoms with Gasteiger partial charge in [0.15, 0.2) is 0 Å². The predicted molar refractivity (Wildman–Crippen MR) is 75.7 cm³/mol. The second-order valence-electron chi connectivity index (χ2n) is 4.42. The van der Waals surface area contributed by atoms with E-state index in [0.29, 0.717) is 11.4 Å². The number of hydrogen-bond acceptors (Lipinski definition) is 4. The Bertz CT molecular complexity index is 552. The molecule has 2 rings (SSSR count). The third kappa shape index (κ3) is 3.12. The van der Waals surface area contributed by atoms with Gasteiger partial charge in [0.2, 0.25) is 0 Å². The quantitative estimate of drug-likeness (QED) is 0.649. The molecule has 6 heteroatoms. The molecule has 1 unspecified atom stereocenters. The zero-order valence-corrected chi connectivity index (χ0v) is 11.9. The van der Waals surface area contributed by atoms with Gasteiger partial charge in [-0.3, -0.25) is 20.9 Å². The Morgan fingerprint density at radius 1 is 1.53 bits per heavy atom. The summed E-state index contributed by atoms with van der Waals surface area (Å²) in [4.78, 5) is 3.99. The van der Waals surface area contributed by atoms with Gasteiger partial charge < -0.3 is 0 Å². The van der Waals surface area contributed by atoms with E-state index in [1.165, 1.54) is 0 Å². The van der Waals surface area contributed by atoms with Crippen LogP contribution in [0.1, 0.15) is 29.9 Å². The van der Waals surface area contributed by atoms with Gasteiger partial charge in [-0.15, -0.1) is 0 Å². The summed E-state index contributed by atoms with van der Waals surface area (Å²) in [6.07, 6.45) is 4.08. The molecular formula is C13H18ClN5. The summed E-state index contributed by atoms with van der Waals surface area (Å²) >= 11 is 6.14. The first kappa shape index (κ1) is 14.0. The smallest absolute Gasteiger partial charge is 0.0669 e. The minimum absolute atomic E-state index is 0.0268. The predicted octanol–water partition coefficient (Wildman–Crippen LogP) is 2.01. The third-order valence-corrected chi connectivity index (χ3v) is 3.41. The van der Waals surface area contributed by atoms with Crippen molar-refractivity contribution >= 4 is 11.6 Å². The fraction of sp³-hybridized carbons (Fsp3) is 0.385. The normalized spacial score (nSPS) is 12.6. The standard InChI is InChI=1S/C13H18ClN5/c1-3-19-13(6-9(2)18-19)12(17-15)7-10-4-5-16-8-11(10)14/h4-6,8,12,17H,3,7,15H2,1-2H3. The van der Waals surface area contributed by atoms with Crippen LogP contribution in [0.3, 0.4) is 0 Å². The van der Waals surface area contributed by atoms with Gasteiger partial charge in [0, 0.05) is 18.9 Å². The van der Waals surface area contributed by atoms with E-state index >= 15 is 0 Å². The Balaban J connectivity index is 2.27. The average molecular weight is 280 g/mol. The van der Waals surface area contributed by atoms with Crippen LogP contribution in [0.25, 0.3) is 0 Å². The van der Waals surface area contributed by atoms with Crippen molar-refractivity contribution in [1.29, 1.82) is 0 Å². The number of pyridine rings is 1. The summed E-state index contributed by atoms with van der Waals surface area (Å²) in [5, 5.41) is 5.09. The Hall–Kier alpha value is -1.43. The topological polar surface area (TPSA) is 68.8 Å². The van der Waals surface area contributed by atoms with Crippen molar-refractivity contribution < 1.29 is 0 Å². The van der Waals surface area contributed by atoms with Crippen molar-refractivity contribution in [2.75, 3.05) is 0 Å². The van der Waals surface area contributed by atoms with Gasteiger partial charge in [0.05, 0.1) is 22.5 Å². The molecule has 0 saturated carbocycles. The van der Waals surface area contributed by atoms with Crippen LogP contribution in [0, 0.1) is 6.92 Å². The first-order chi connectivity index (χ1) is 9.15. The first-order valence-corrected chi connectivity index (χ1v) is 6.62. The van der Waals surface area contributed by atoms with Gasteiger partial charge in [-0.05, 0) is 38.0 Å². The molecule has 1 atom stereocenters. The summed E-state index contributed by atoms with van der Waals surface area (Å²) in [7, 11) is 0. The summed E-state index contributed by atoms with van der Waals surface area (Å²) in [6, 6.07) is 3.93. The van der Waals surface area contributed by atoms with E-state index in [1.54, 1.807) is 12.4 Å². The van der Waals surface area contributed by atoms with Gasteiger partial charge in [-0.25, -0.2) is 0 Å². The van der Waals surface area contributed by atoms with Crippen molar-refractivity contribution in [2.45, 2.75) is 32.9 Å². The first-order valence-electron chi connectivity index (χ1n) is 6.24. The van der Waals surface area contributed by atoms with E-state index in [2.05, 4.69) is 22.4 Å². The molecule has 2 aromatic heterocycles. The number of rotatable bonds is 5. The molecule has 0 spiro atoms. The molecule has 0 aliphatic carbocycles. The highest BCUT2D eigenvalue weighted by Gasteiger charge is 2.17. The van der Waals surface area contributed by atoms with Crippen LogP contribution in [-0.2, 0) is 13.0 Å². The summed E-state index contributed by atoms with van der Waals surface area (Å²) < 4.78 is 1.95. The average Bonchev–Trinajstić information content (AvgIpc) is 2.79. The van der Waals surface area contributed by atoms with Crippen molar-refractivity contribution in [2.24, 2.45) is 5.84 Å². The molecule has 3 N–H and O–H groups in total. The van der Waals surface area contributed by atoms with Crippen molar-refractivity contribution in [3.8, 4) is 0 Å². The van der Waals surface area contributed by atoms with Gasteiger partial charge >= 0.3 is 0 Å². The number of hydrazine groups is 1. The second-order valence-corrected chi connectivity index (χ2v) is 4.82. The molecule has 102 valence electrons. The molecule has 0 bridgehead atoms. The fourth-order valence-electron chi connectivity index (χ4n) is 2.14. The van der Waals surface area contributed by atoms with Crippen molar-refractivity contribution in [3.63, 3.8) is 0 Å². The lowest BCUT2D eigenvalue weighted by Gasteiger charge is -2.17. The number of nitrogens with one attached hydrogen (secondary N) is 1. The number of aromatic nitrogens is 3. The van der Waals surface area contributed by atoms with Crippen LogP contribution < -0.4 is 11.3 Å². The molecule has 0 aliphatic heterocycles. The fourth-order valence-corrected chi connectivity index (χ4v) is 2.33. The van der Waals surface area contributed by atoms with Crippen LogP contribution in [-0.4, -0.2) is 14.8 Å². The van der Waals surface area contributed by atoms with Gasteiger partial charge in [-0.1, -0.05) is 11.6 Å². The van der Waals surface area contributed by atoms with Gasteiger partial charge in [0.1, 0.15) is 0 Å². The van der Waals surface area contributed by atoms with Crippen LogP contribution in [0.2, 0.25) is 5.02 Å². The minimum Gasteiger partial charge on any atom is -0.271 e. The van der Waals surface area contributed by atoms with Crippen molar-refractivity contribution in [1.82, 2.24) is 20.2 Å². The Labute approximate surface area is 117 Å². The molecule has 0 fully saturated rings. The lowest BCUT2D eigenvalue weighted by atomic mass is 10.0. The SMILES string of the molecule is CCn1nc(C)cc1C(Cc1ccncc1Cl)NN. The van der Waals surface area contributed by atoms with E-state index in [9.17, 15) is 0 Å². The van der Waals surface area contributed by atoms with E-state index in [4.69, 9.17) is 17.4 Å². The Morgan fingerprint density at radius 3 is 2.95 bits per heavy atom. The van der Waals surface area contributed by atoms with Crippen LogP contribution in [0.15, 0.2) is 24.5 Å².